The molecule has 0 aliphatic carbocycles. The molecular formula is C12H18N2O3. The van der Waals surface area contributed by atoms with Crippen LogP contribution in [0.1, 0.15) is 36.8 Å². The number of carbonyl (C=O) groups excluding carboxylic acids is 1. The molecule has 0 amide bonds. The molecule has 2 heterocycles. The van der Waals surface area contributed by atoms with Gasteiger partial charge < -0.3 is 9.26 Å². The van der Waals surface area contributed by atoms with Crippen molar-refractivity contribution in [1.29, 1.82) is 0 Å². The number of ether oxygens (including phenoxy) is 1. The maximum absolute atomic E-state index is 11.3. The van der Waals surface area contributed by atoms with E-state index in [-0.39, 0.29) is 18.1 Å². The van der Waals surface area contributed by atoms with Crippen molar-refractivity contribution < 1.29 is 14.1 Å². The van der Waals surface area contributed by atoms with Crippen molar-refractivity contribution in [3.8, 4) is 0 Å². The van der Waals surface area contributed by atoms with E-state index >= 15 is 0 Å². The van der Waals surface area contributed by atoms with Crippen LogP contribution >= 0.6 is 0 Å². The smallest absolute Gasteiger partial charge is 0.307 e. The Kier molecular flexibility index (Phi) is 3.47. The Hall–Kier alpha value is -1.36. The van der Waals surface area contributed by atoms with E-state index < -0.39 is 0 Å². The average molecular weight is 238 g/mol. The number of aryl methyl sites for hydroxylation is 1. The Balaban J connectivity index is 2.02. The molecule has 1 fully saturated rings. The van der Waals surface area contributed by atoms with Crippen molar-refractivity contribution in [2.45, 2.75) is 38.3 Å². The summed E-state index contributed by atoms with van der Waals surface area (Å²) in [5.41, 5.74) is 0.893. The first-order chi connectivity index (χ1) is 8.11. The lowest BCUT2D eigenvalue weighted by molar-refractivity contribution is -0.141. The van der Waals surface area contributed by atoms with Gasteiger partial charge in [0.1, 0.15) is 0 Å². The normalized spacial score (nSPS) is 25.1. The second-order valence-electron chi connectivity index (χ2n) is 4.56. The molecule has 1 aliphatic rings. The third-order valence-corrected chi connectivity index (χ3v) is 3.45. The predicted molar refractivity (Wildman–Crippen MR) is 61.4 cm³/mol. The van der Waals surface area contributed by atoms with Crippen molar-refractivity contribution in [2.24, 2.45) is 0 Å². The first kappa shape index (κ1) is 12.1. The largest absolute Gasteiger partial charge is 0.469 e. The summed E-state index contributed by atoms with van der Waals surface area (Å²) in [7, 11) is 3.44. The highest BCUT2D eigenvalue weighted by molar-refractivity contribution is 5.69. The highest BCUT2D eigenvalue weighted by Crippen LogP contribution is 2.36. The molecule has 2 rings (SSSR count). The minimum Gasteiger partial charge on any atom is -0.469 e. The average Bonchev–Trinajstić information content (AvgIpc) is 2.87. The third-order valence-electron chi connectivity index (χ3n) is 3.45. The fourth-order valence-corrected chi connectivity index (χ4v) is 2.42. The Morgan fingerprint density at radius 3 is 3.00 bits per heavy atom. The quantitative estimate of drug-likeness (QED) is 0.750. The van der Waals surface area contributed by atoms with Crippen molar-refractivity contribution >= 4 is 5.97 Å². The molecule has 2 atom stereocenters. The summed E-state index contributed by atoms with van der Waals surface area (Å²) in [5.74, 6) is 0.730. The van der Waals surface area contributed by atoms with E-state index in [2.05, 4.69) is 10.1 Å². The number of nitrogens with zero attached hydrogens (tertiary/aromatic N) is 2. The Labute approximate surface area is 101 Å². The fraction of sp³-hybridized carbons (Fsp3) is 0.667. The van der Waals surface area contributed by atoms with Crippen LogP contribution in [-0.4, -0.2) is 36.2 Å². The molecule has 0 radical (unpaired) electrons. The van der Waals surface area contributed by atoms with Crippen molar-refractivity contribution in [3.63, 3.8) is 0 Å². The first-order valence-electron chi connectivity index (χ1n) is 5.83. The Bertz CT molecular complexity index is 402. The molecule has 1 aromatic rings. The highest BCUT2D eigenvalue weighted by Gasteiger charge is 2.34. The van der Waals surface area contributed by atoms with Gasteiger partial charge in [0, 0.05) is 12.1 Å². The number of rotatable bonds is 3. The van der Waals surface area contributed by atoms with Gasteiger partial charge >= 0.3 is 5.97 Å². The second-order valence-corrected chi connectivity index (χ2v) is 4.56. The highest BCUT2D eigenvalue weighted by atomic mass is 16.5. The van der Waals surface area contributed by atoms with Gasteiger partial charge in [-0.05, 0) is 26.8 Å². The van der Waals surface area contributed by atoms with Gasteiger partial charge in [0.2, 0.25) is 0 Å². The van der Waals surface area contributed by atoms with Gasteiger partial charge in [-0.15, -0.1) is 0 Å². The van der Waals surface area contributed by atoms with Crippen LogP contribution in [0, 0.1) is 6.92 Å². The third kappa shape index (κ3) is 2.49. The molecule has 17 heavy (non-hydrogen) atoms. The summed E-state index contributed by atoms with van der Waals surface area (Å²) in [5, 5.41) is 3.90. The molecule has 0 aromatic carbocycles. The van der Waals surface area contributed by atoms with Gasteiger partial charge in [-0.25, -0.2) is 0 Å². The van der Waals surface area contributed by atoms with Gasteiger partial charge in [-0.1, -0.05) is 5.16 Å². The minimum atomic E-state index is -0.156. The number of hydrogen-bond acceptors (Lipinski definition) is 5. The Morgan fingerprint density at radius 2 is 2.41 bits per heavy atom. The standard InChI is InChI=1S/C12H18N2O3/c1-8-6-11(17-13-8)10-5-4-9(14(10)2)7-12(15)16-3/h6,9-10H,4-5,7H2,1-3H3/t9?,10-/m0/s1. The molecule has 0 saturated carbocycles. The van der Waals surface area contributed by atoms with Gasteiger partial charge in [0.15, 0.2) is 5.76 Å². The van der Waals surface area contributed by atoms with Crippen LogP contribution in [-0.2, 0) is 9.53 Å². The summed E-state index contributed by atoms with van der Waals surface area (Å²) in [6.07, 6.45) is 2.42. The second kappa shape index (κ2) is 4.87. The van der Waals surface area contributed by atoms with E-state index in [1.807, 2.05) is 20.0 Å². The maximum atomic E-state index is 11.3. The van der Waals surface area contributed by atoms with E-state index in [1.54, 1.807) is 0 Å². The summed E-state index contributed by atoms with van der Waals surface area (Å²) in [4.78, 5) is 13.5. The summed E-state index contributed by atoms with van der Waals surface area (Å²) in [6, 6.07) is 2.42. The van der Waals surface area contributed by atoms with Crippen LogP contribution in [0.2, 0.25) is 0 Å². The summed E-state index contributed by atoms with van der Waals surface area (Å²) in [6.45, 7) is 1.91. The van der Waals surface area contributed by atoms with Gasteiger partial charge in [-0.2, -0.15) is 0 Å². The zero-order chi connectivity index (χ0) is 12.4. The number of hydrogen-bond donors (Lipinski definition) is 0. The van der Waals surface area contributed by atoms with Gasteiger partial charge in [0.05, 0.1) is 25.3 Å². The van der Waals surface area contributed by atoms with E-state index in [0.717, 1.165) is 24.3 Å². The van der Waals surface area contributed by atoms with Crippen LogP contribution in [0.3, 0.4) is 0 Å². The molecule has 0 bridgehead atoms. The number of methoxy groups -OCH3 is 1. The first-order valence-corrected chi connectivity index (χ1v) is 5.83. The van der Waals surface area contributed by atoms with Crippen LogP contribution in [0.5, 0.6) is 0 Å². The number of carbonyl (C=O) groups is 1. The molecule has 5 heteroatoms. The lowest BCUT2D eigenvalue weighted by Gasteiger charge is -2.23. The molecule has 94 valence electrons. The molecule has 1 aliphatic heterocycles. The van der Waals surface area contributed by atoms with Crippen LogP contribution in [0.15, 0.2) is 10.6 Å². The topological polar surface area (TPSA) is 55.6 Å². The maximum Gasteiger partial charge on any atom is 0.307 e. The lowest BCUT2D eigenvalue weighted by atomic mass is 10.1. The summed E-state index contributed by atoms with van der Waals surface area (Å²) >= 11 is 0. The van der Waals surface area contributed by atoms with Crippen LogP contribution in [0.4, 0.5) is 0 Å². The van der Waals surface area contributed by atoms with E-state index in [0.29, 0.717) is 6.42 Å². The number of likely N-dealkylation sites (tertiary alicyclic amines) is 1. The van der Waals surface area contributed by atoms with Crippen LogP contribution < -0.4 is 0 Å². The van der Waals surface area contributed by atoms with E-state index in [9.17, 15) is 4.79 Å². The van der Waals surface area contributed by atoms with Gasteiger partial charge in [0.25, 0.3) is 0 Å². The van der Waals surface area contributed by atoms with E-state index in [4.69, 9.17) is 9.26 Å². The molecule has 1 unspecified atom stereocenters. The van der Waals surface area contributed by atoms with E-state index in [1.165, 1.54) is 7.11 Å². The summed E-state index contributed by atoms with van der Waals surface area (Å²) < 4.78 is 9.99. The minimum absolute atomic E-state index is 0.156. The van der Waals surface area contributed by atoms with Crippen LogP contribution in [0.25, 0.3) is 0 Å². The predicted octanol–water partition coefficient (Wildman–Crippen LogP) is 1.68. The zero-order valence-electron chi connectivity index (χ0n) is 10.5. The molecular weight excluding hydrogens is 220 g/mol. The molecule has 1 saturated heterocycles. The molecule has 0 N–H and O–H groups in total. The molecule has 0 spiro atoms. The Morgan fingerprint density at radius 1 is 1.65 bits per heavy atom. The number of esters is 1. The van der Waals surface area contributed by atoms with Crippen molar-refractivity contribution in [2.75, 3.05) is 14.2 Å². The molecule has 5 nitrogen and oxygen atoms in total. The van der Waals surface area contributed by atoms with Crippen molar-refractivity contribution in [3.05, 3.63) is 17.5 Å². The lowest BCUT2D eigenvalue weighted by Crippen LogP contribution is -2.29. The molecule has 1 aromatic heterocycles. The zero-order valence-corrected chi connectivity index (χ0v) is 10.5. The van der Waals surface area contributed by atoms with Crippen molar-refractivity contribution in [1.82, 2.24) is 10.1 Å². The monoisotopic (exact) mass is 238 g/mol. The fourth-order valence-electron chi connectivity index (χ4n) is 2.42. The van der Waals surface area contributed by atoms with Gasteiger partial charge in [-0.3, -0.25) is 9.69 Å². The number of aromatic nitrogens is 1. The SMILES string of the molecule is COC(=O)CC1CC[C@@H](c2cc(C)no2)N1C.